The van der Waals surface area contributed by atoms with Crippen molar-refractivity contribution in [1.82, 2.24) is 0 Å². The maximum absolute atomic E-state index is 2.45. The molecule has 0 bridgehead atoms. The van der Waals surface area contributed by atoms with Crippen molar-refractivity contribution in [2.24, 2.45) is 0 Å². The first kappa shape index (κ1) is 14.1. The van der Waals surface area contributed by atoms with Gasteiger partial charge in [-0.25, -0.2) is 0 Å². The van der Waals surface area contributed by atoms with Gasteiger partial charge in [-0.2, -0.15) is 0 Å². The van der Waals surface area contributed by atoms with E-state index in [1.165, 1.54) is 29.4 Å². The van der Waals surface area contributed by atoms with Gasteiger partial charge in [-0.15, -0.1) is 0 Å². The Bertz CT molecular complexity index is 719. The summed E-state index contributed by atoms with van der Waals surface area (Å²) < 4.78 is 2.61. The molecule has 0 spiro atoms. The quantitative estimate of drug-likeness (QED) is 0.380. The Hall–Kier alpha value is -0.880. The molecule has 0 N–H and O–H groups in total. The van der Waals surface area contributed by atoms with Crippen LogP contribution in [0.4, 0.5) is 0 Å². The summed E-state index contributed by atoms with van der Waals surface area (Å²) in [6, 6.07) is 25.6. The van der Waals surface area contributed by atoms with E-state index in [0.717, 1.165) is 0 Å². The van der Waals surface area contributed by atoms with Crippen molar-refractivity contribution in [3.63, 3.8) is 0 Å². The van der Waals surface area contributed by atoms with Crippen molar-refractivity contribution in [1.29, 1.82) is 0 Å². The van der Waals surface area contributed by atoms with Crippen molar-refractivity contribution < 1.29 is 0 Å². The summed E-state index contributed by atoms with van der Waals surface area (Å²) in [6.07, 6.45) is 0. The van der Waals surface area contributed by atoms with E-state index in [1.807, 2.05) is 0 Å². The van der Waals surface area contributed by atoms with Gasteiger partial charge in [0.15, 0.2) is 0 Å². The number of rotatable bonds is 2. The zero-order valence-electron chi connectivity index (χ0n) is 10.7. The van der Waals surface area contributed by atoms with E-state index in [2.05, 4.69) is 118 Å². The molecule has 98 valence electrons. The first-order chi connectivity index (χ1) is 9.77. The molecule has 0 aromatic heterocycles. The third-order valence-corrected chi connectivity index (χ3v) is 6.29. The first-order valence-corrected chi connectivity index (χ1v) is 8.52. The lowest BCUT2D eigenvalue weighted by atomic mass is 9.95. The zero-order valence-corrected chi connectivity index (χ0v) is 15.0. The summed E-state index contributed by atoms with van der Waals surface area (Å²) in [5, 5.41) is 0. The Morgan fingerprint density at radius 2 is 1.10 bits per heavy atom. The highest BCUT2D eigenvalue weighted by Crippen LogP contribution is 2.37. The minimum Gasteiger partial charge on any atom is -0.0622 e. The lowest BCUT2D eigenvalue weighted by Crippen LogP contribution is -1.91. The van der Waals surface area contributed by atoms with Crippen LogP contribution in [0.1, 0.15) is 0 Å². The molecule has 0 unspecified atom stereocenters. The van der Waals surface area contributed by atoms with Crippen molar-refractivity contribution in [3.05, 3.63) is 79.9 Å². The maximum Gasteiger partial charge on any atom is 0.0348 e. The van der Waals surface area contributed by atoms with Crippen molar-refractivity contribution in [2.45, 2.75) is 0 Å². The Kier molecular flexibility index (Phi) is 4.41. The summed E-state index contributed by atoms with van der Waals surface area (Å²) in [5.74, 6) is 0. The minimum atomic E-state index is 1.26. The van der Waals surface area contributed by atoms with E-state index in [4.69, 9.17) is 0 Å². The fourth-order valence-electron chi connectivity index (χ4n) is 2.30. The molecule has 3 aromatic rings. The first-order valence-electron chi connectivity index (χ1n) is 6.36. The fraction of sp³-hybridized carbons (Fsp3) is 0. The summed E-state index contributed by atoms with van der Waals surface area (Å²) in [4.78, 5) is 0. The molecule has 0 nitrogen and oxygen atoms in total. The molecule has 0 aliphatic rings. The fourth-order valence-corrected chi connectivity index (χ4v) is 3.53. The molecule has 2 heteroatoms. The van der Waals surface area contributed by atoms with Gasteiger partial charge < -0.3 is 0 Å². The van der Waals surface area contributed by atoms with Gasteiger partial charge in [0.25, 0.3) is 0 Å². The highest BCUT2D eigenvalue weighted by atomic mass is 127. The van der Waals surface area contributed by atoms with Crippen LogP contribution in [0.5, 0.6) is 0 Å². The molecule has 0 heterocycles. The number of halogens is 2. The van der Waals surface area contributed by atoms with Crippen LogP contribution >= 0.6 is 45.2 Å². The van der Waals surface area contributed by atoms with E-state index in [0.29, 0.717) is 0 Å². The molecular weight excluding hydrogens is 470 g/mol. The molecule has 0 amide bonds. The molecule has 0 atom stereocenters. The van der Waals surface area contributed by atoms with Gasteiger partial charge in [-0.1, -0.05) is 66.7 Å². The second kappa shape index (κ2) is 6.26. The molecule has 0 aliphatic carbocycles. The van der Waals surface area contributed by atoms with Gasteiger partial charge in [0.2, 0.25) is 0 Å². The van der Waals surface area contributed by atoms with E-state index in [9.17, 15) is 0 Å². The van der Waals surface area contributed by atoms with E-state index >= 15 is 0 Å². The predicted octanol–water partition coefficient (Wildman–Crippen LogP) is 6.23. The molecule has 20 heavy (non-hydrogen) atoms. The molecule has 3 rings (SSSR count). The lowest BCUT2D eigenvalue weighted by Gasteiger charge is -2.14. The van der Waals surface area contributed by atoms with Crippen LogP contribution < -0.4 is 0 Å². The summed E-state index contributed by atoms with van der Waals surface area (Å²) in [5.41, 5.74) is 5.15. The zero-order chi connectivity index (χ0) is 13.9. The van der Waals surface area contributed by atoms with Crippen LogP contribution in [0.3, 0.4) is 0 Å². The molecule has 3 aromatic carbocycles. The average molecular weight is 482 g/mol. The third-order valence-electron chi connectivity index (χ3n) is 3.24. The smallest absolute Gasteiger partial charge is 0.0348 e. The van der Waals surface area contributed by atoms with E-state index < -0.39 is 0 Å². The SMILES string of the molecule is Ic1ccc(-c2ccccc2)c(-c2ccccc2)c1I. The minimum absolute atomic E-state index is 1.26. The van der Waals surface area contributed by atoms with Crippen LogP contribution in [0.25, 0.3) is 22.3 Å². The van der Waals surface area contributed by atoms with Crippen LogP contribution in [-0.2, 0) is 0 Å². The van der Waals surface area contributed by atoms with E-state index in [1.54, 1.807) is 0 Å². The van der Waals surface area contributed by atoms with Gasteiger partial charge in [-0.05, 0) is 67.9 Å². The molecular formula is C18H12I2. The van der Waals surface area contributed by atoms with Gasteiger partial charge >= 0.3 is 0 Å². The Balaban J connectivity index is 2.29. The van der Waals surface area contributed by atoms with Gasteiger partial charge in [0.1, 0.15) is 0 Å². The Morgan fingerprint density at radius 1 is 0.550 bits per heavy atom. The third kappa shape index (κ3) is 2.76. The number of hydrogen-bond donors (Lipinski definition) is 0. The van der Waals surface area contributed by atoms with Crippen molar-refractivity contribution in [2.75, 3.05) is 0 Å². The largest absolute Gasteiger partial charge is 0.0622 e. The molecule has 0 saturated heterocycles. The molecule has 0 aliphatic heterocycles. The maximum atomic E-state index is 2.45. The van der Waals surface area contributed by atoms with Crippen molar-refractivity contribution in [3.8, 4) is 22.3 Å². The van der Waals surface area contributed by atoms with Crippen LogP contribution in [0.2, 0.25) is 0 Å². The molecule has 0 saturated carbocycles. The van der Waals surface area contributed by atoms with Crippen LogP contribution in [0, 0.1) is 7.14 Å². The highest BCUT2D eigenvalue weighted by Gasteiger charge is 2.13. The van der Waals surface area contributed by atoms with Crippen LogP contribution in [0.15, 0.2) is 72.8 Å². The Labute approximate surface area is 146 Å². The van der Waals surface area contributed by atoms with Gasteiger partial charge in [0, 0.05) is 12.7 Å². The Morgan fingerprint density at radius 3 is 1.70 bits per heavy atom. The second-order valence-corrected chi connectivity index (χ2v) is 6.76. The predicted molar refractivity (Wildman–Crippen MR) is 103 cm³/mol. The number of benzene rings is 3. The van der Waals surface area contributed by atoms with Crippen LogP contribution in [-0.4, -0.2) is 0 Å². The monoisotopic (exact) mass is 482 g/mol. The summed E-state index contributed by atoms with van der Waals surface area (Å²) in [7, 11) is 0. The lowest BCUT2D eigenvalue weighted by molar-refractivity contribution is 1.52. The molecule has 0 radical (unpaired) electrons. The molecule has 0 fully saturated rings. The van der Waals surface area contributed by atoms with Gasteiger partial charge in [0.05, 0.1) is 0 Å². The highest BCUT2D eigenvalue weighted by molar-refractivity contribution is 14.1. The second-order valence-electron chi connectivity index (χ2n) is 4.52. The average Bonchev–Trinajstić information content (AvgIpc) is 2.51. The summed E-state index contributed by atoms with van der Waals surface area (Å²) >= 11 is 4.86. The standard InChI is InChI=1S/C18H12I2/c19-16-12-11-15(13-7-3-1-4-8-13)17(18(16)20)14-9-5-2-6-10-14/h1-12H. The van der Waals surface area contributed by atoms with E-state index in [-0.39, 0.29) is 0 Å². The summed E-state index contributed by atoms with van der Waals surface area (Å²) in [6.45, 7) is 0. The number of hydrogen-bond acceptors (Lipinski definition) is 0. The normalized spacial score (nSPS) is 10.5. The van der Waals surface area contributed by atoms with Crippen molar-refractivity contribution >= 4 is 45.2 Å². The van der Waals surface area contributed by atoms with Gasteiger partial charge in [-0.3, -0.25) is 0 Å². The topological polar surface area (TPSA) is 0 Å².